The van der Waals surface area contributed by atoms with E-state index in [4.69, 9.17) is 9.47 Å². The molecule has 3 heteroatoms. The zero-order valence-electron chi connectivity index (χ0n) is 12.1. The van der Waals surface area contributed by atoms with Crippen LogP contribution in [0.2, 0.25) is 0 Å². The number of esters is 1. The zero-order chi connectivity index (χ0) is 14.9. The van der Waals surface area contributed by atoms with Gasteiger partial charge in [0.2, 0.25) is 0 Å². The molecular formula is C19H16O3. The molecule has 0 radical (unpaired) electrons. The van der Waals surface area contributed by atoms with Crippen molar-refractivity contribution < 1.29 is 14.3 Å². The van der Waals surface area contributed by atoms with Gasteiger partial charge in [-0.15, -0.1) is 0 Å². The molecule has 4 rings (SSSR count). The summed E-state index contributed by atoms with van der Waals surface area (Å²) in [4.78, 5) is 12.4. The minimum Gasteiger partial charge on any atom is -0.451 e. The molecular weight excluding hydrogens is 276 g/mol. The molecule has 0 aliphatic carbocycles. The van der Waals surface area contributed by atoms with Gasteiger partial charge in [0.15, 0.2) is 6.10 Å². The fourth-order valence-electron chi connectivity index (χ4n) is 3.24. The first-order valence-corrected chi connectivity index (χ1v) is 7.50. The van der Waals surface area contributed by atoms with Crippen molar-refractivity contribution in [2.24, 2.45) is 0 Å². The van der Waals surface area contributed by atoms with E-state index in [2.05, 4.69) is 0 Å². The van der Waals surface area contributed by atoms with E-state index in [1.165, 1.54) is 0 Å². The standard InChI is InChI=1S/C19H16O3/c20-19-16(13-7-3-1-4-8-13)15-11-12-21-17(18(15)22-19)14-9-5-2-6-10-14/h1-10,17-18H,11-12H2. The molecule has 1 saturated heterocycles. The molecule has 0 N–H and O–H groups in total. The average Bonchev–Trinajstić information content (AvgIpc) is 2.92. The normalized spacial score (nSPS) is 24.1. The van der Waals surface area contributed by atoms with Crippen molar-refractivity contribution in [2.75, 3.05) is 6.61 Å². The van der Waals surface area contributed by atoms with Crippen molar-refractivity contribution in [1.29, 1.82) is 0 Å². The summed E-state index contributed by atoms with van der Waals surface area (Å²) >= 11 is 0. The lowest BCUT2D eigenvalue weighted by Gasteiger charge is -2.30. The fourth-order valence-corrected chi connectivity index (χ4v) is 3.24. The Bertz CT molecular complexity index is 719. The Morgan fingerprint density at radius 1 is 0.864 bits per heavy atom. The summed E-state index contributed by atoms with van der Waals surface area (Å²) in [7, 11) is 0. The summed E-state index contributed by atoms with van der Waals surface area (Å²) in [6, 6.07) is 19.7. The molecule has 2 atom stereocenters. The highest BCUT2D eigenvalue weighted by Crippen LogP contribution is 2.42. The maximum absolute atomic E-state index is 12.4. The van der Waals surface area contributed by atoms with Crippen LogP contribution in [-0.2, 0) is 14.3 Å². The van der Waals surface area contributed by atoms with Crippen molar-refractivity contribution in [3.05, 3.63) is 77.4 Å². The Morgan fingerprint density at radius 3 is 2.27 bits per heavy atom. The fraction of sp³-hybridized carbons (Fsp3) is 0.211. The van der Waals surface area contributed by atoms with E-state index in [0.717, 1.165) is 28.7 Å². The van der Waals surface area contributed by atoms with Gasteiger partial charge < -0.3 is 9.47 Å². The minimum atomic E-state index is -0.307. The number of fused-ring (bicyclic) bond motifs is 1. The van der Waals surface area contributed by atoms with Gasteiger partial charge in [-0.05, 0) is 23.1 Å². The SMILES string of the molecule is O=C1OC2C(=C1c1ccccc1)CCOC2c1ccccc1. The number of hydrogen-bond acceptors (Lipinski definition) is 3. The van der Waals surface area contributed by atoms with Gasteiger partial charge in [-0.3, -0.25) is 0 Å². The topological polar surface area (TPSA) is 35.5 Å². The van der Waals surface area contributed by atoms with Crippen LogP contribution in [0, 0.1) is 0 Å². The van der Waals surface area contributed by atoms with E-state index < -0.39 is 0 Å². The molecule has 1 fully saturated rings. The number of rotatable bonds is 2. The van der Waals surface area contributed by atoms with Gasteiger partial charge in [0.25, 0.3) is 0 Å². The van der Waals surface area contributed by atoms with Gasteiger partial charge in [0.05, 0.1) is 12.2 Å². The highest BCUT2D eigenvalue weighted by Gasteiger charge is 2.42. The van der Waals surface area contributed by atoms with Gasteiger partial charge in [0, 0.05) is 0 Å². The van der Waals surface area contributed by atoms with E-state index in [0.29, 0.717) is 6.61 Å². The monoisotopic (exact) mass is 292 g/mol. The molecule has 0 bridgehead atoms. The van der Waals surface area contributed by atoms with Crippen LogP contribution >= 0.6 is 0 Å². The lowest BCUT2D eigenvalue weighted by atomic mass is 9.90. The molecule has 2 unspecified atom stereocenters. The molecule has 0 spiro atoms. The van der Waals surface area contributed by atoms with Crippen molar-refractivity contribution >= 4 is 11.5 Å². The van der Waals surface area contributed by atoms with Crippen LogP contribution in [-0.4, -0.2) is 18.7 Å². The van der Waals surface area contributed by atoms with Crippen LogP contribution < -0.4 is 0 Å². The minimum absolute atomic E-state index is 0.213. The van der Waals surface area contributed by atoms with Crippen LogP contribution in [0.4, 0.5) is 0 Å². The van der Waals surface area contributed by atoms with Gasteiger partial charge >= 0.3 is 5.97 Å². The Kier molecular flexibility index (Phi) is 3.28. The van der Waals surface area contributed by atoms with Gasteiger partial charge in [0.1, 0.15) is 6.10 Å². The molecule has 2 aliphatic heterocycles. The van der Waals surface area contributed by atoms with Crippen LogP contribution in [0.5, 0.6) is 0 Å². The first-order chi connectivity index (χ1) is 10.8. The first-order valence-electron chi connectivity index (χ1n) is 7.50. The number of ether oxygens (including phenoxy) is 2. The largest absolute Gasteiger partial charge is 0.451 e. The molecule has 22 heavy (non-hydrogen) atoms. The van der Waals surface area contributed by atoms with Crippen molar-refractivity contribution in [3.63, 3.8) is 0 Å². The zero-order valence-corrected chi connectivity index (χ0v) is 12.1. The van der Waals surface area contributed by atoms with Crippen LogP contribution in [0.25, 0.3) is 5.57 Å². The lowest BCUT2D eigenvalue weighted by molar-refractivity contribution is -0.146. The third-order valence-corrected chi connectivity index (χ3v) is 4.24. The quantitative estimate of drug-likeness (QED) is 0.794. The van der Waals surface area contributed by atoms with E-state index in [-0.39, 0.29) is 18.2 Å². The lowest BCUT2D eigenvalue weighted by Crippen LogP contribution is -2.29. The number of carbonyl (C=O) groups is 1. The van der Waals surface area contributed by atoms with E-state index in [1.807, 2.05) is 60.7 Å². The predicted octanol–water partition coefficient (Wildman–Crippen LogP) is 3.53. The van der Waals surface area contributed by atoms with Crippen molar-refractivity contribution in [2.45, 2.75) is 18.6 Å². The first kappa shape index (κ1) is 13.3. The molecule has 0 saturated carbocycles. The van der Waals surface area contributed by atoms with E-state index >= 15 is 0 Å². The average molecular weight is 292 g/mol. The van der Waals surface area contributed by atoms with Crippen LogP contribution in [0.1, 0.15) is 23.7 Å². The molecule has 0 amide bonds. The number of benzene rings is 2. The summed E-state index contributed by atoms with van der Waals surface area (Å²) in [6.45, 7) is 0.609. The summed E-state index contributed by atoms with van der Waals surface area (Å²) in [6.07, 6.45) is 0.221. The summed E-state index contributed by atoms with van der Waals surface area (Å²) in [5.74, 6) is -0.238. The van der Waals surface area contributed by atoms with E-state index in [9.17, 15) is 4.79 Å². The third-order valence-electron chi connectivity index (χ3n) is 4.24. The van der Waals surface area contributed by atoms with Crippen molar-refractivity contribution in [3.8, 4) is 0 Å². The molecule has 2 aromatic rings. The highest BCUT2D eigenvalue weighted by atomic mass is 16.6. The summed E-state index contributed by atoms with van der Waals surface area (Å²) < 4.78 is 11.6. The maximum Gasteiger partial charge on any atom is 0.339 e. The Hall–Kier alpha value is -2.39. The Labute approximate surface area is 129 Å². The maximum atomic E-state index is 12.4. The summed E-state index contributed by atoms with van der Waals surface area (Å²) in [5.41, 5.74) is 3.76. The highest BCUT2D eigenvalue weighted by molar-refractivity contribution is 6.19. The molecule has 110 valence electrons. The molecule has 2 aliphatic rings. The third kappa shape index (κ3) is 2.14. The predicted molar refractivity (Wildman–Crippen MR) is 83.0 cm³/mol. The Morgan fingerprint density at radius 2 is 1.55 bits per heavy atom. The van der Waals surface area contributed by atoms with Crippen molar-refractivity contribution in [1.82, 2.24) is 0 Å². The smallest absolute Gasteiger partial charge is 0.339 e. The van der Waals surface area contributed by atoms with Gasteiger partial charge in [-0.25, -0.2) is 4.79 Å². The number of carbonyl (C=O) groups excluding carboxylic acids is 1. The Balaban J connectivity index is 1.76. The van der Waals surface area contributed by atoms with Gasteiger partial charge in [-0.2, -0.15) is 0 Å². The molecule has 0 aromatic heterocycles. The molecule has 2 heterocycles. The molecule has 3 nitrogen and oxygen atoms in total. The summed E-state index contributed by atoms with van der Waals surface area (Å²) in [5, 5.41) is 0. The second-order valence-electron chi connectivity index (χ2n) is 5.54. The second-order valence-corrected chi connectivity index (χ2v) is 5.54. The second kappa shape index (κ2) is 5.43. The number of hydrogen-bond donors (Lipinski definition) is 0. The van der Waals surface area contributed by atoms with E-state index in [1.54, 1.807) is 0 Å². The van der Waals surface area contributed by atoms with Gasteiger partial charge in [-0.1, -0.05) is 60.7 Å². The van der Waals surface area contributed by atoms with Crippen LogP contribution in [0.15, 0.2) is 66.2 Å². The van der Waals surface area contributed by atoms with Crippen LogP contribution in [0.3, 0.4) is 0 Å². The molecule has 2 aromatic carbocycles.